The summed E-state index contributed by atoms with van der Waals surface area (Å²) in [6.45, 7) is 8.88. The third-order valence-corrected chi connectivity index (χ3v) is 5.32. The Balaban J connectivity index is 1.47. The van der Waals surface area contributed by atoms with Crippen molar-refractivity contribution in [2.75, 3.05) is 37.6 Å². The van der Waals surface area contributed by atoms with Crippen LogP contribution in [0.4, 0.5) is 10.2 Å². The van der Waals surface area contributed by atoms with Crippen LogP contribution in [-0.4, -0.2) is 54.4 Å². The first kappa shape index (κ1) is 17.9. The minimum atomic E-state index is -0.206. The predicted molar refractivity (Wildman–Crippen MR) is 109 cm³/mol. The minimum absolute atomic E-state index is 0.206. The number of anilines is 1. The lowest BCUT2D eigenvalue weighted by atomic mass is 10.0. The molecule has 0 aliphatic carbocycles. The van der Waals surface area contributed by atoms with Gasteiger partial charge in [0, 0.05) is 55.8 Å². The Labute approximate surface area is 160 Å². The van der Waals surface area contributed by atoms with E-state index >= 15 is 0 Å². The number of aromatic nitrogens is 1. The molecule has 2 aromatic rings. The maximum absolute atomic E-state index is 14.3. The summed E-state index contributed by atoms with van der Waals surface area (Å²) in [6, 6.07) is 11.0. The van der Waals surface area contributed by atoms with Crippen molar-refractivity contribution in [3.05, 3.63) is 60.1 Å². The highest BCUT2D eigenvalue weighted by Gasteiger charge is 2.23. The Morgan fingerprint density at radius 1 is 1.04 bits per heavy atom. The lowest BCUT2D eigenvalue weighted by Gasteiger charge is -2.36. The van der Waals surface area contributed by atoms with E-state index in [1.54, 1.807) is 12.3 Å². The van der Waals surface area contributed by atoms with Gasteiger partial charge in [-0.05, 0) is 37.6 Å². The van der Waals surface area contributed by atoms with E-state index in [9.17, 15) is 4.39 Å². The number of pyridine rings is 1. The van der Waals surface area contributed by atoms with E-state index in [2.05, 4.69) is 39.7 Å². The lowest BCUT2D eigenvalue weighted by molar-refractivity contribution is 0.280. The van der Waals surface area contributed by atoms with Crippen LogP contribution in [0.15, 0.2) is 59.2 Å². The van der Waals surface area contributed by atoms with Gasteiger partial charge in [-0.25, -0.2) is 9.37 Å². The standard InChI is InChI=1S/C22H25FN4/c1-16-14-18(17(2)25-16)15-26-10-12-27(13-11-26)22-20(7-5-9-24-22)19-6-3-4-8-21(19)23/h3-9,14,16H,10-13,15H2,1-2H3. The van der Waals surface area contributed by atoms with Crippen molar-refractivity contribution >= 4 is 11.5 Å². The zero-order valence-electron chi connectivity index (χ0n) is 15.9. The number of piperazine rings is 1. The van der Waals surface area contributed by atoms with Crippen molar-refractivity contribution in [3.8, 4) is 11.1 Å². The van der Waals surface area contributed by atoms with E-state index in [1.807, 2.05) is 24.3 Å². The second kappa shape index (κ2) is 7.61. The number of rotatable bonds is 4. The summed E-state index contributed by atoms with van der Waals surface area (Å²) in [5, 5.41) is 0. The zero-order chi connectivity index (χ0) is 18.8. The number of aliphatic imine (C=N–C) groups is 1. The monoisotopic (exact) mass is 364 g/mol. The molecule has 1 fully saturated rings. The molecule has 4 rings (SSSR count). The molecular formula is C22H25FN4. The molecule has 140 valence electrons. The fourth-order valence-corrected chi connectivity index (χ4v) is 3.90. The minimum Gasteiger partial charge on any atom is -0.354 e. The van der Waals surface area contributed by atoms with Crippen LogP contribution < -0.4 is 4.90 Å². The predicted octanol–water partition coefficient (Wildman–Crippen LogP) is 3.80. The second-order valence-electron chi connectivity index (χ2n) is 7.26. The third kappa shape index (κ3) is 3.78. The summed E-state index contributed by atoms with van der Waals surface area (Å²) < 4.78 is 14.3. The highest BCUT2D eigenvalue weighted by molar-refractivity contribution is 6.00. The molecule has 27 heavy (non-hydrogen) atoms. The summed E-state index contributed by atoms with van der Waals surface area (Å²) in [5.41, 5.74) is 3.98. The molecule has 1 aromatic heterocycles. The Kier molecular flexibility index (Phi) is 5.03. The molecule has 2 aliphatic rings. The van der Waals surface area contributed by atoms with Crippen LogP contribution in [0.5, 0.6) is 0 Å². The molecule has 3 heterocycles. The van der Waals surface area contributed by atoms with Crippen LogP contribution in [-0.2, 0) is 0 Å². The summed E-state index contributed by atoms with van der Waals surface area (Å²) in [6.07, 6.45) is 4.05. The van der Waals surface area contributed by atoms with Crippen molar-refractivity contribution in [2.45, 2.75) is 19.9 Å². The van der Waals surface area contributed by atoms with Gasteiger partial charge < -0.3 is 4.90 Å². The van der Waals surface area contributed by atoms with Gasteiger partial charge in [-0.2, -0.15) is 0 Å². The second-order valence-corrected chi connectivity index (χ2v) is 7.26. The normalized spacial score (nSPS) is 20.6. The first-order chi connectivity index (χ1) is 13.1. The van der Waals surface area contributed by atoms with Crippen LogP contribution in [0.25, 0.3) is 11.1 Å². The van der Waals surface area contributed by atoms with Crippen LogP contribution in [0.3, 0.4) is 0 Å². The summed E-state index contributed by atoms with van der Waals surface area (Å²) in [4.78, 5) is 13.9. The molecule has 0 spiro atoms. The topological polar surface area (TPSA) is 31.7 Å². The first-order valence-electron chi connectivity index (χ1n) is 9.54. The third-order valence-electron chi connectivity index (χ3n) is 5.32. The average molecular weight is 364 g/mol. The maximum atomic E-state index is 14.3. The van der Waals surface area contributed by atoms with Gasteiger partial charge in [-0.1, -0.05) is 24.3 Å². The molecule has 4 nitrogen and oxygen atoms in total. The van der Waals surface area contributed by atoms with Crippen LogP contribution >= 0.6 is 0 Å². The highest BCUT2D eigenvalue weighted by Crippen LogP contribution is 2.31. The van der Waals surface area contributed by atoms with Gasteiger partial charge in [0.2, 0.25) is 0 Å². The molecule has 0 amide bonds. The highest BCUT2D eigenvalue weighted by atomic mass is 19.1. The Bertz CT molecular complexity index is 881. The number of hydrogen-bond acceptors (Lipinski definition) is 4. The summed E-state index contributed by atoms with van der Waals surface area (Å²) in [7, 11) is 0. The van der Waals surface area contributed by atoms with Crippen LogP contribution in [0, 0.1) is 5.82 Å². The molecule has 0 N–H and O–H groups in total. The molecule has 1 aromatic carbocycles. The van der Waals surface area contributed by atoms with E-state index in [0.717, 1.165) is 49.8 Å². The van der Waals surface area contributed by atoms with Gasteiger partial charge in [0.25, 0.3) is 0 Å². The van der Waals surface area contributed by atoms with Gasteiger partial charge in [0.1, 0.15) is 11.6 Å². The Hall–Kier alpha value is -2.53. The van der Waals surface area contributed by atoms with Crippen molar-refractivity contribution in [3.63, 3.8) is 0 Å². The number of benzene rings is 1. The quantitative estimate of drug-likeness (QED) is 0.827. The van der Waals surface area contributed by atoms with E-state index in [-0.39, 0.29) is 5.82 Å². The fourth-order valence-electron chi connectivity index (χ4n) is 3.90. The van der Waals surface area contributed by atoms with Crippen molar-refractivity contribution in [1.82, 2.24) is 9.88 Å². The van der Waals surface area contributed by atoms with E-state index < -0.39 is 0 Å². The largest absolute Gasteiger partial charge is 0.354 e. The summed E-state index contributed by atoms with van der Waals surface area (Å²) >= 11 is 0. The number of hydrogen-bond donors (Lipinski definition) is 0. The number of halogens is 1. The molecule has 1 atom stereocenters. The number of nitrogens with zero attached hydrogens (tertiary/aromatic N) is 4. The van der Waals surface area contributed by atoms with E-state index in [0.29, 0.717) is 11.6 Å². The molecule has 0 bridgehead atoms. The van der Waals surface area contributed by atoms with Gasteiger partial charge in [0.05, 0.1) is 6.04 Å². The van der Waals surface area contributed by atoms with Crippen molar-refractivity contribution in [1.29, 1.82) is 0 Å². The summed E-state index contributed by atoms with van der Waals surface area (Å²) in [5.74, 6) is 0.663. The van der Waals surface area contributed by atoms with E-state index in [1.165, 1.54) is 11.6 Å². The zero-order valence-corrected chi connectivity index (χ0v) is 15.9. The lowest BCUT2D eigenvalue weighted by Crippen LogP contribution is -2.47. The van der Waals surface area contributed by atoms with E-state index in [4.69, 9.17) is 0 Å². The fraction of sp³-hybridized carbons (Fsp3) is 0.364. The van der Waals surface area contributed by atoms with Gasteiger partial charge >= 0.3 is 0 Å². The molecule has 0 radical (unpaired) electrons. The Morgan fingerprint density at radius 2 is 1.78 bits per heavy atom. The average Bonchev–Trinajstić information content (AvgIpc) is 3.00. The first-order valence-corrected chi connectivity index (χ1v) is 9.54. The smallest absolute Gasteiger partial charge is 0.136 e. The van der Waals surface area contributed by atoms with Crippen LogP contribution in [0.2, 0.25) is 0 Å². The Morgan fingerprint density at radius 3 is 2.48 bits per heavy atom. The van der Waals surface area contributed by atoms with Crippen molar-refractivity contribution < 1.29 is 4.39 Å². The SMILES string of the molecule is CC1=NC(C)C=C1CN1CCN(c2ncccc2-c2ccccc2F)CC1. The van der Waals surface area contributed by atoms with Crippen LogP contribution in [0.1, 0.15) is 13.8 Å². The molecule has 1 unspecified atom stereocenters. The molecule has 5 heteroatoms. The molecular weight excluding hydrogens is 339 g/mol. The molecule has 2 aliphatic heterocycles. The maximum Gasteiger partial charge on any atom is 0.136 e. The van der Waals surface area contributed by atoms with Crippen molar-refractivity contribution in [2.24, 2.45) is 4.99 Å². The molecule has 1 saturated heterocycles. The molecule has 0 saturated carbocycles. The van der Waals surface area contributed by atoms with Gasteiger partial charge in [-0.15, -0.1) is 0 Å². The van der Waals surface area contributed by atoms with Gasteiger partial charge in [-0.3, -0.25) is 9.89 Å². The van der Waals surface area contributed by atoms with Gasteiger partial charge in [0.15, 0.2) is 0 Å².